The first kappa shape index (κ1) is 22.2. The third kappa shape index (κ3) is 5.25. The lowest BCUT2D eigenvalue weighted by atomic mass is 10.00. The molecule has 2 N–H and O–H groups in total. The SMILES string of the molecule is CCNC(=NCCc1c(C)noc1C)NC(C)c1cccc2ccccc12.I. The third-order valence-corrected chi connectivity index (χ3v) is 4.80. The number of aliphatic imine (C=N–C) groups is 1. The van der Waals surface area contributed by atoms with E-state index in [1.165, 1.54) is 16.3 Å². The second-order valence-corrected chi connectivity index (χ2v) is 6.75. The Kier molecular flexibility index (Phi) is 8.29. The van der Waals surface area contributed by atoms with Gasteiger partial charge in [-0.2, -0.15) is 0 Å². The molecular weight excluding hydrogens is 463 g/mol. The Balaban J connectivity index is 0.00000280. The molecule has 5 nitrogen and oxygen atoms in total. The van der Waals surface area contributed by atoms with Gasteiger partial charge >= 0.3 is 0 Å². The second-order valence-electron chi connectivity index (χ2n) is 6.75. The fourth-order valence-electron chi connectivity index (χ4n) is 3.37. The molecule has 0 amide bonds. The monoisotopic (exact) mass is 492 g/mol. The highest BCUT2D eigenvalue weighted by Crippen LogP contribution is 2.24. The van der Waals surface area contributed by atoms with Gasteiger partial charge in [0.25, 0.3) is 0 Å². The van der Waals surface area contributed by atoms with E-state index in [9.17, 15) is 0 Å². The minimum atomic E-state index is 0. The van der Waals surface area contributed by atoms with Crippen LogP contribution in [-0.4, -0.2) is 24.2 Å². The van der Waals surface area contributed by atoms with Gasteiger partial charge in [0.05, 0.1) is 11.7 Å². The summed E-state index contributed by atoms with van der Waals surface area (Å²) in [5.41, 5.74) is 3.37. The van der Waals surface area contributed by atoms with Crippen molar-refractivity contribution >= 4 is 40.7 Å². The van der Waals surface area contributed by atoms with Crippen LogP contribution in [0.4, 0.5) is 0 Å². The zero-order valence-corrected chi connectivity index (χ0v) is 19.3. The highest BCUT2D eigenvalue weighted by molar-refractivity contribution is 14.0. The maximum Gasteiger partial charge on any atom is 0.191 e. The van der Waals surface area contributed by atoms with Gasteiger partial charge in [-0.3, -0.25) is 4.99 Å². The van der Waals surface area contributed by atoms with E-state index in [1.807, 2.05) is 13.8 Å². The molecule has 1 atom stereocenters. The zero-order valence-electron chi connectivity index (χ0n) is 17.0. The van der Waals surface area contributed by atoms with Crippen molar-refractivity contribution in [3.63, 3.8) is 0 Å². The molecule has 0 aliphatic heterocycles. The van der Waals surface area contributed by atoms with Gasteiger partial charge < -0.3 is 15.2 Å². The number of guanidine groups is 1. The molecule has 0 fully saturated rings. The molecule has 3 rings (SSSR count). The fraction of sp³-hybridized carbons (Fsp3) is 0.364. The van der Waals surface area contributed by atoms with Crippen molar-refractivity contribution in [3.05, 3.63) is 65.0 Å². The van der Waals surface area contributed by atoms with Crippen LogP contribution >= 0.6 is 24.0 Å². The van der Waals surface area contributed by atoms with Crippen LogP contribution in [0.2, 0.25) is 0 Å². The largest absolute Gasteiger partial charge is 0.361 e. The Bertz CT molecular complexity index is 910. The summed E-state index contributed by atoms with van der Waals surface area (Å²) in [6.45, 7) is 9.67. The van der Waals surface area contributed by atoms with Crippen LogP contribution in [-0.2, 0) is 6.42 Å². The molecule has 0 saturated carbocycles. The summed E-state index contributed by atoms with van der Waals surface area (Å²) in [6, 6.07) is 15.1. The topological polar surface area (TPSA) is 62.5 Å². The van der Waals surface area contributed by atoms with Gasteiger partial charge in [0.2, 0.25) is 0 Å². The van der Waals surface area contributed by atoms with E-state index in [0.29, 0.717) is 6.54 Å². The zero-order chi connectivity index (χ0) is 19.2. The Morgan fingerprint density at radius 3 is 2.61 bits per heavy atom. The van der Waals surface area contributed by atoms with Crippen LogP contribution in [0.15, 0.2) is 52.0 Å². The summed E-state index contributed by atoms with van der Waals surface area (Å²) in [5, 5.41) is 13.4. The van der Waals surface area contributed by atoms with E-state index >= 15 is 0 Å². The van der Waals surface area contributed by atoms with Crippen LogP contribution in [0, 0.1) is 13.8 Å². The van der Waals surface area contributed by atoms with Crippen molar-refractivity contribution in [2.45, 2.75) is 40.2 Å². The molecule has 1 aromatic heterocycles. The van der Waals surface area contributed by atoms with Gasteiger partial charge in [-0.05, 0) is 50.5 Å². The lowest BCUT2D eigenvalue weighted by Gasteiger charge is -2.19. The van der Waals surface area contributed by atoms with Crippen molar-refractivity contribution in [2.75, 3.05) is 13.1 Å². The maximum absolute atomic E-state index is 5.23. The maximum atomic E-state index is 5.23. The molecule has 0 aliphatic rings. The normalized spacial score (nSPS) is 12.5. The van der Waals surface area contributed by atoms with Gasteiger partial charge in [-0.25, -0.2) is 0 Å². The second kappa shape index (κ2) is 10.5. The molecular formula is C22H29IN4O. The number of hydrogen-bond acceptors (Lipinski definition) is 3. The van der Waals surface area contributed by atoms with Crippen molar-refractivity contribution in [1.82, 2.24) is 15.8 Å². The van der Waals surface area contributed by atoms with Crippen molar-refractivity contribution < 1.29 is 4.52 Å². The van der Waals surface area contributed by atoms with E-state index in [-0.39, 0.29) is 30.0 Å². The summed E-state index contributed by atoms with van der Waals surface area (Å²) in [5.74, 6) is 1.70. The number of nitrogens with one attached hydrogen (secondary N) is 2. The van der Waals surface area contributed by atoms with Gasteiger partial charge in [-0.15, -0.1) is 24.0 Å². The predicted molar refractivity (Wildman–Crippen MR) is 127 cm³/mol. The van der Waals surface area contributed by atoms with Crippen LogP contribution in [0.25, 0.3) is 10.8 Å². The third-order valence-electron chi connectivity index (χ3n) is 4.80. The van der Waals surface area contributed by atoms with Crippen LogP contribution in [0.1, 0.15) is 42.5 Å². The molecule has 28 heavy (non-hydrogen) atoms. The first-order chi connectivity index (χ1) is 13.1. The Hall–Kier alpha value is -2.09. The van der Waals surface area contributed by atoms with Crippen LogP contribution < -0.4 is 10.6 Å². The van der Waals surface area contributed by atoms with Crippen LogP contribution in [0.3, 0.4) is 0 Å². The first-order valence-electron chi connectivity index (χ1n) is 9.54. The van der Waals surface area contributed by atoms with E-state index in [0.717, 1.165) is 35.9 Å². The minimum absolute atomic E-state index is 0. The fourth-order valence-corrected chi connectivity index (χ4v) is 3.37. The smallest absolute Gasteiger partial charge is 0.191 e. The number of aromatic nitrogens is 1. The molecule has 150 valence electrons. The summed E-state index contributed by atoms with van der Waals surface area (Å²) < 4.78 is 5.23. The number of fused-ring (bicyclic) bond motifs is 1. The number of benzene rings is 2. The molecule has 0 bridgehead atoms. The van der Waals surface area contributed by atoms with Gasteiger partial charge in [0.1, 0.15) is 5.76 Å². The first-order valence-corrected chi connectivity index (χ1v) is 9.54. The minimum Gasteiger partial charge on any atom is -0.361 e. The molecule has 0 aliphatic carbocycles. The molecule has 1 unspecified atom stereocenters. The van der Waals surface area contributed by atoms with E-state index in [1.54, 1.807) is 0 Å². The van der Waals surface area contributed by atoms with Crippen molar-refractivity contribution in [3.8, 4) is 0 Å². The number of rotatable bonds is 6. The Morgan fingerprint density at radius 2 is 1.89 bits per heavy atom. The number of halogens is 1. The molecule has 0 spiro atoms. The number of aryl methyl sites for hydroxylation is 2. The Labute approximate surface area is 184 Å². The summed E-state index contributed by atoms with van der Waals surface area (Å²) in [4.78, 5) is 4.74. The van der Waals surface area contributed by atoms with Gasteiger partial charge in [0.15, 0.2) is 5.96 Å². The van der Waals surface area contributed by atoms with E-state index < -0.39 is 0 Å². The highest BCUT2D eigenvalue weighted by Gasteiger charge is 2.12. The van der Waals surface area contributed by atoms with Gasteiger partial charge in [-0.1, -0.05) is 47.6 Å². The molecule has 1 heterocycles. The molecule has 6 heteroatoms. The molecule has 0 saturated heterocycles. The average Bonchev–Trinajstić information content (AvgIpc) is 2.99. The summed E-state index contributed by atoms with van der Waals surface area (Å²) in [6.07, 6.45) is 0.820. The quantitative estimate of drug-likeness (QED) is 0.291. The predicted octanol–water partition coefficient (Wildman–Crippen LogP) is 4.92. The summed E-state index contributed by atoms with van der Waals surface area (Å²) >= 11 is 0. The molecule has 0 radical (unpaired) electrons. The lowest BCUT2D eigenvalue weighted by molar-refractivity contribution is 0.392. The van der Waals surface area contributed by atoms with Crippen molar-refractivity contribution in [2.24, 2.45) is 4.99 Å². The van der Waals surface area contributed by atoms with E-state index in [4.69, 9.17) is 9.52 Å². The highest BCUT2D eigenvalue weighted by atomic mass is 127. The number of hydrogen-bond donors (Lipinski definition) is 2. The number of nitrogens with zero attached hydrogens (tertiary/aromatic N) is 2. The van der Waals surface area contributed by atoms with Gasteiger partial charge in [0, 0.05) is 18.7 Å². The summed E-state index contributed by atoms with van der Waals surface area (Å²) in [7, 11) is 0. The Morgan fingerprint density at radius 1 is 1.14 bits per heavy atom. The standard InChI is InChI=1S/C22H28N4O.HI/c1-5-23-22(24-14-13-19-16(3)26-27-17(19)4)25-15(2)20-12-8-10-18-9-6-7-11-21(18)20;/h6-12,15H,5,13-14H2,1-4H3,(H2,23,24,25);1H. The average molecular weight is 492 g/mol. The van der Waals surface area contributed by atoms with E-state index in [2.05, 4.69) is 72.1 Å². The van der Waals surface area contributed by atoms with Crippen molar-refractivity contribution in [1.29, 1.82) is 0 Å². The molecule has 2 aromatic carbocycles. The van der Waals surface area contributed by atoms with Crippen LogP contribution in [0.5, 0.6) is 0 Å². The lowest BCUT2D eigenvalue weighted by Crippen LogP contribution is -2.39. The molecule has 3 aromatic rings.